The van der Waals surface area contributed by atoms with Crippen LogP contribution in [0.4, 0.5) is 0 Å². The molecule has 0 radical (unpaired) electrons. The van der Waals surface area contributed by atoms with Crippen LogP contribution in [0.1, 0.15) is 61.8 Å². The van der Waals surface area contributed by atoms with E-state index in [0.29, 0.717) is 53.7 Å². The fourth-order valence-electron chi connectivity index (χ4n) is 10.5. The molecule has 13 nitrogen and oxygen atoms in total. The monoisotopic (exact) mass is 808 g/mol. The lowest BCUT2D eigenvalue weighted by atomic mass is 9.71. The Morgan fingerprint density at radius 2 is 1.78 bits per heavy atom. The van der Waals surface area contributed by atoms with Crippen molar-refractivity contribution < 1.29 is 43.1 Å². The zero-order valence-electron chi connectivity index (χ0n) is 33.4. The van der Waals surface area contributed by atoms with Gasteiger partial charge in [-0.25, -0.2) is 4.79 Å². The molecule has 7 atom stereocenters. The lowest BCUT2D eigenvalue weighted by Crippen LogP contribution is -2.69. The summed E-state index contributed by atoms with van der Waals surface area (Å²) in [6.45, 7) is 12.8. The second-order valence-electron chi connectivity index (χ2n) is 15.7. The van der Waals surface area contributed by atoms with Crippen LogP contribution >= 0.6 is 11.8 Å². The van der Waals surface area contributed by atoms with Crippen molar-refractivity contribution >= 4 is 17.7 Å². The summed E-state index contributed by atoms with van der Waals surface area (Å²) in [7, 11) is 5.25. The molecular weight excluding hydrogens is 761 g/mol. The smallest absolute Gasteiger partial charge is 0.331 e. The van der Waals surface area contributed by atoms with Crippen molar-refractivity contribution in [2.75, 3.05) is 60.2 Å². The van der Waals surface area contributed by atoms with E-state index in [0.717, 1.165) is 38.9 Å². The zero-order valence-corrected chi connectivity index (χ0v) is 34.2. The molecule has 10 rings (SSSR count). The molecule has 0 amide bonds. The van der Waals surface area contributed by atoms with Crippen LogP contribution in [0.2, 0.25) is 0 Å². The number of nitrogens with one attached hydrogen (secondary N) is 1. The van der Waals surface area contributed by atoms with Gasteiger partial charge in [-0.3, -0.25) is 15.1 Å². The Kier molecular flexibility index (Phi) is 9.70. The maximum Gasteiger partial charge on any atom is 0.331 e. The molecule has 7 heterocycles. The highest BCUT2D eigenvalue weighted by atomic mass is 32.2. The number of nitriles is 1. The number of phenolic OH excluding ortho intramolecular Hbond substituents is 1. The van der Waals surface area contributed by atoms with Gasteiger partial charge >= 0.3 is 5.97 Å². The number of carbonyl (C=O) groups is 1. The molecule has 2 N–H and O–H groups in total. The van der Waals surface area contributed by atoms with Gasteiger partial charge in [0.25, 0.3) is 0 Å². The summed E-state index contributed by atoms with van der Waals surface area (Å²) in [5, 5.41) is 25.3. The Balaban J connectivity index is 1.33. The molecule has 7 aliphatic heterocycles. The highest BCUT2D eigenvalue weighted by Crippen LogP contribution is 2.64. The summed E-state index contributed by atoms with van der Waals surface area (Å²) in [5.74, 6) is 3.19. The van der Waals surface area contributed by atoms with E-state index in [2.05, 4.69) is 47.5 Å². The Bertz CT molecular complexity index is 2280. The standard InChI is InChI=1S/C44H48N4O9S/c1-8-12-53-38-23(4)39-41(57-21-56-39)33-29-19-55-43(50)44(26-17-31(51-6)30(49)16-24(26)10-11-46-44)20-58-42(34(33)38)36-35-32-25(15-27(47(35)5)28(18-45)48(29)36)14-22(3)37(52-7)40(32)54-13-9-2/h8-9,14,16-17,27-29,35-36,42,46,49H,1-2,10-13,15,19-21H2,3-7H3/t27-,28-,29+,35+,36?,42+,44+/m0/s1. The number of likely N-dealkylation sites (N-methyl/N-ethyl adjacent to an activating group) is 1. The summed E-state index contributed by atoms with van der Waals surface area (Å²) in [5.41, 5.74) is 5.79. The van der Waals surface area contributed by atoms with Gasteiger partial charge in [0, 0.05) is 46.6 Å². The van der Waals surface area contributed by atoms with Crippen molar-refractivity contribution in [3.05, 3.63) is 88.0 Å². The maximum atomic E-state index is 14.9. The van der Waals surface area contributed by atoms with Gasteiger partial charge < -0.3 is 38.3 Å². The van der Waals surface area contributed by atoms with Crippen molar-refractivity contribution in [2.24, 2.45) is 0 Å². The number of aryl methyl sites for hydroxylation is 1. The van der Waals surface area contributed by atoms with E-state index in [1.807, 2.05) is 13.8 Å². The van der Waals surface area contributed by atoms with Crippen LogP contribution in [0.3, 0.4) is 0 Å². The van der Waals surface area contributed by atoms with Crippen LogP contribution in [0.15, 0.2) is 43.5 Å². The summed E-state index contributed by atoms with van der Waals surface area (Å²) < 4.78 is 43.9. The first-order valence-corrected chi connectivity index (χ1v) is 20.7. The molecule has 4 bridgehead atoms. The number of thioether (sulfide) groups is 1. The number of methoxy groups -OCH3 is 2. The van der Waals surface area contributed by atoms with E-state index < -0.39 is 28.8 Å². The molecular formula is C44H48N4O9S. The third-order valence-corrected chi connectivity index (χ3v) is 14.3. The SMILES string of the molecule is C=CCOc1c(C)c2c(c3c1[C@H]1SC[C@]4(NCCc5cc(O)c(OC)cc54)C(=O)OC[C@H]3N3C1[C@H]1c4c(cc(C)c(OC)c4OCC=C)C[C@@H]([C@@H]3C#N)N1C)OCO2. The summed E-state index contributed by atoms with van der Waals surface area (Å²) >= 11 is 1.61. The van der Waals surface area contributed by atoms with Crippen LogP contribution < -0.4 is 33.7 Å². The van der Waals surface area contributed by atoms with Gasteiger partial charge in [0.15, 0.2) is 40.0 Å². The van der Waals surface area contributed by atoms with E-state index in [1.165, 1.54) is 7.11 Å². The Morgan fingerprint density at radius 1 is 1.02 bits per heavy atom. The second kappa shape index (κ2) is 14.6. The fourth-order valence-corrected chi connectivity index (χ4v) is 12.2. The van der Waals surface area contributed by atoms with Crippen molar-refractivity contribution in [1.29, 1.82) is 5.26 Å². The molecule has 14 heteroatoms. The van der Waals surface area contributed by atoms with Crippen molar-refractivity contribution in [1.82, 2.24) is 15.1 Å². The van der Waals surface area contributed by atoms with Gasteiger partial charge in [-0.1, -0.05) is 31.4 Å². The molecule has 304 valence electrons. The molecule has 0 aromatic heterocycles. The number of piperazine rings is 1. The normalized spacial score (nSPS) is 27.9. The lowest BCUT2D eigenvalue weighted by molar-refractivity contribution is -0.157. The van der Waals surface area contributed by atoms with E-state index in [-0.39, 0.29) is 62.0 Å². The first-order valence-electron chi connectivity index (χ1n) is 19.6. The minimum atomic E-state index is -1.30. The Morgan fingerprint density at radius 3 is 2.50 bits per heavy atom. The van der Waals surface area contributed by atoms with Crippen molar-refractivity contribution in [3.8, 4) is 46.3 Å². The number of rotatable bonds is 8. The molecule has 2 saturated heterocycles. The van der Waals surface area contributed by atoms with E-state index in [4.69, 9.17) is 33.2 Å². The van der Waals surface area contributed by atoms with Gasteiger partial charge in [-0.2, -0.15) is 5.26 Å². The predicted molar refractivity (Wildman–Crippen MR) is 216 cm³/mol. The Hall–Kier alpha value is -5.07. The van der Waals surface area contributed by atoms with Crippen molar-refractivity contribution in [3.63, 3.8) is 0 Å². The van der Waals surface area contributed by atoms with E-state index in [9.17, 15) is 15.2 Å². The summed E-state index contributed by atoms with van der Waals surface area (Å²) in [4.78, 5) is 19.5. The number of carbonyl (C=O) groups excluding carboxylic acids is 1. The summed E-state index contributed by atoms with van der Waals surface area (Å²) in [6, 6.07) is 6.20. The topological polar surface area (TPSA) is 144 Å². The van der Waals surface area contributed by atoms with Gasteiger partial charge in [0.05, 0.1) is 37.6 Å². The quantitative estimate of drug-likeness (QED) is 0.219. The number of esters is 1. The average molecular weight is 809 g/mol. The zero-order chi connectivity index (χ0) is 40.6. The minimum Gasteiger partial charge on any atom is -0.504 e. The largest absolute Gasteiger partial charge is 0.504 e. The minimum absolute atomic E-state index is 0.0109. The van der Waals surface area contributed by atoms with E-state index in [1.54, 1.807) is 43.2 Å². The Labute approximate surface area is 342 Å². The van der Waals surface area contributed by atoms with Crippen LogP contribution in [0.25, 0.3) is 0 Å². The number of hydrogen-bond acceptors (Lipinski definition) is 14. The molecule has 1 spiro atoms. The lowest BCUT2D eigenvalue weighted by Gasteiger charge is -2.62. The number of ether oxygens (including phenoxy) is 7. The molecule has 7 aliphatic rings. The summed E-state index contributed by atoms with van der Waals surface area (Å²) in [6.07, 6.45) is 4.64. The number of aromatic hydroxyl groups is 1. The number of hydrogen-bond donors (Lipinski definition) is 2. The molecule has 1 unspecified atom stereocenters. The molecule has 0 saturated carbocycles. The first-order chi connectivity index (χ1) is 28.1. The van der Waals surface area contributed by atoms with Gasteiger partial charge in [0.1, 0.15) is 31.6 Å². The maximum absolute atomic E-state index is 14.9. The molecule has 2 fully saturated rings. The number of nitrogens with zero attached hydrogens (tertiary/aromatic N) is 3. The van der Waals surface area contributed by atoms with Crippen LogP contribution in [-0.4, -0.2) is 99.2 Å². The van der Waals surface area contributed by atoms with Crippen LogP contribution in [0, 0.1) is 25.2 Å². The second-order valence-corrected chi connectivity index (χ2v) is 16.8. The van der Waals surface area contributed by atoms with Gasteiger partial charge in [0.2, 0.25) is 6.79 Å². The predicted octanol–water partition coefficient (Wildman–Crippen LogP) is 5.49. The van der Waals surface area contributed by atoms with Crippen molar-refractivity contribution in [2.45, 2.75) is 67.7 Å². The molecule has 3 aromatic carbocycles. The molecule has 58 heavy (non-hydrogen) atoms. The highest BCUT2D eigenvalue weighted by Gasteiger charge is 2.62. The number of fused-ring (bicyclic) bond motifs is 9. The third-order valence-electron chi connectivity index (χ3n) is 12.9. The molecule has 0 aliphatic carbocycles. The van der Waals surface area contributed by atoms with Crippen LogP contribution in [0.5, 0.6) is 40.2 Å². The highest BCUT2D eigenvalue weighted by molar-refractivity contribution is 7.99. The van der Waals surface area contributed by atoms with Gasteiger partial charge in [-0.15, -0.1) is 11.8 Å². The number of phenols is 1. The third kappa shape index (κ3) is 5.43. The first kappa shape index (κ1) is 38.4. The fraction of sp³-hybridized carbons (Fsp3) is 0.455. The van der Waals surface area contributed by atoms with Crippen LogP contribution in [-0.2, 0) is 27.9 Å². The van der Waals surface area contributed by atoms with E-state index >= 15 is 0 Å². The average Bonchev–Trinajstić information content (AvgIpc) is 3.71. The van der Waals surface area contributed by atoms with Gasteiger partial charge in [-0.05, 0) is 68.1 Å². The molecule has 3 aromatic rings. The number of benzene rings is 3.